The van der Waals surface area contributed by atoms with Crippen molar-refractivity contribution in [3.05, 3.63) is 95.6 Å². The van der Waals surface area contributed by atoms with Gasteiger partial charge in [-0.2, -0.15) is 0 Å². The maximum atomic E-state index is 11.1. The van der Waals surface area contributed by atoms with Gasteiger partial charge in [0.1, 0.15) is 51.1 Å². The lowest BCUT2D eigenvalue weighted by Gasteiger charge is -2.37. The van der Waals surface area contributed by atoms with Crippen LogP contribution >= 0.6 is 15.8 Å². The van der Waals surface area contributed by atoms with Crippen molar-refractivity contribution in [3.8, 4) is 11.5 Å². The van der Waals surface area contributed by atoms with Gasteiger partial charge in [0.05, 0.1) is 33.5 Å². The number of rotatable bonds is 15. The minimum absolute atomic E-state index is 0.00162. The van der Waals surface area contributed by atoms with Crippen LogP contribution in [0.2, 0.25) is 0 Å². The summed E-state index contributed by atoms with van der Waals surface area (Å²) in [6, 6.07) is 23.5. The first-order chi connectivity index (χ1) is 22.5. The van der Waals surface area contributed by atoms with Crippen molar-refractivity contribution in [2.75, 3.05) is 27.4 Å². The van der Waals surface area contributed by atoms with Gasteiger partial charge >= 0.3 is 8.25 Å². The summed E-state index contributed by atoms with van der Waals surface area (Å²) in [6.07, 6.45) is 0.935. The highest BCUT2D eigenvalue weighted by Crippen LogP contribution is 2.48. The lowest BCUT2D eigenvalue weighted by Crippen LogP contribution is -2.38. The number of methoxy groups -OCH3 is 2. The molecule has 2 aliphatic rings. The maximum Gasteiger partial charge on any atom is 0.488 e. The van der Waals surface area contributed by atoms with Gasteiger partial charge < -0.3 is 42.5 Å². The quantitative estimate of drug-likeness (QED) is 0.144. The third kappa shape index (κ3) is 8.74. The molecular weight excluding hydrogens is 644 g/mol. The van der Waals surface area contributed by atoms with E-state index in [1.54, 1.807) is 14.2 Å². The Bertz CT molecular complexity index is 1470. The standard InChI is InChI=1S/C32H36B2O11P2/c1-38-24-13-9-22(10-14-24)32(21-7-5-4-6-8-21,23-11-15-25(39-2)16-12-23)40-19-28-27(18-31(34)42-28)45-47(3,37)41-20-29-26(44-46(35)36)17-30(33)43-29/h4-16,26-31,37H,3,17-20H2,1-2H3/t26-,27-,28-,29-,30-,31-,47?/m1/s1. The van der Waals surface area contributed by atoms with Gasteiger partial charge in [0.15, 0.2) is 0 Å². The summed E-state index contributed by atoms with van der Waals surface area (Å²) in [4.78, 5) is 22.2. The van der Waals surface area contributed by atoms with E-state index in [2.05, 4.69) is 6.30 Å². The lowest BCUT2D eigenvalue weighted by atomic mass is 9.80. The highest BCUT2D eigenvalue weighted by atomic mass is 31.2. The summed E-state index contributed by atoms with van der Waals surface area (Å²) in [5, 5.41) is 0. The summed E-state index contributed by atoms with van der Waals surface area (Å²) < 4.78 is 57.0. The predicted octanol–water partition coefficient (Wildman–Crippen LogP) is 3.57. The molecule has 15 heteroatoms. The fourth-order valence-electron chi connectivity index (χ4n) is 5.84. The van der Waals surface area contributed by atoms with Crippen LogP contribution in [0.1, 0.15) is 29.5 Å². The number of benzene rings is 3. The van der Waals surface area contributed by atoms with Crippen molar-refractivity contribution in [1.82, 2.24) is 0 Å². The van der Waals surface area contributed by atoms with Crippen LogP contribution in [0.25, 0.3) is 0 Å². The molecular formula is C32H36B2O11P2. The molecule has 1 N–H and O–H groups in total. The largest absolute Gasteiger partial charge is 0.566 e. The van der Waals surface area contributed by atoms with Crippen LogP contribution in [-0.4, -0.2) is 90.7 Å². The smallest absolute Gasteiger partial charge is 0.488 e. The van der Waals surface area contributed by atoms with Gasteiger partial charge in [-0.05, 0) is 64.7 Å². The van der Waals surface area contributed by atoms with E-state index < -0.39 is 57.8 Å². The average Bonchev–Trinajstić information content (AvgIpc) is 3.59. The van der Waals surface area contributed by atoms with Crippen LogP contribution in [0.5, 0.6) is 11.5 Å². The van der Waals surface area contributed by atoms with Gasteiger partial charge in [-0.1, -0.05) is 54.6 Å². The maximum absolute atomic E-state index is 11.1. The van der Waals surface area contributed by atoms with Gasteiger partial charge in [0.25, 0.3) is 0 Å². The molecule has 4 radical (unpaired) electrons. The zero-order chi connectivity index (χ0) is 33.6. The van der Waals surface area contributed by atoms with Crippen molar-refractivity contribution >= 4 is 37.8 Å². The Morgan fingerprint density at radius 1 is 0.851 bits per heavy atom. The second kappa shape index (κ2) is 15.8. The molecule has 3 aromatic carbocycles. The molecule has 2 unspecified atom stereocenters. The molecule has 0 spiro atoms. The third-order valence-electron chi connectivity index (χ3n) is 8.06. The fraction of sp³-hybridized carbons (Fsp3) is 0.406. The minimum atomic E-state index is -3.74. The van der Waals surface area contributed by atoms with Crippen LogP contribution in [0, 0.1) is 0 Å². The number of hydrogen-bond acceptors (Lipinski definition) is 11. The molecule has 3 aromatic rings. The average molecular weight is 680 g/mol. The second-order valence-corrected chi connectivity index (χ2v) is 13.6. The molecule has 2 saturated heterocycles. The first kappa shape index (κ1) is 35.8. The molecule has 11 nitrogen and oxygen atoms in total. The molecule has 2 heterocycles. The zero-order valence-corrected chi connectivity index (χ0v) is 27.9. The Hall–Kier alpha value is -2.53. The summed E-state index contributed by atoms with van der Waals surface area (Å²) in [6.45, 7) is -0.263. The predicted molar refractivity (Wildman–Crippen MR) is 176 cm³/mol. The van der Waals surface area contributed by atoms with Crippen LogP contribution in [-0.2, 0) is 37.9 Å². The third-order valence-corrected chi connectivity index (χ3v) is 9.65. The number of hydrogen-bond donors (Lipinski definition) is 1. The van der Waals surface area contributed by atoms with Crippen molar-refractivity contribution < 1.29 is 51.6 Å². The van der Waals surface area contributed by atoms with E-state index in [1.165, 1.54) is 0 Å². The van der Waals surface area contributed by atoms with Crippen molar-refractivity contribution in [2.24, 2.45) is 0 Å². The van der Waals surface area contributed by atoms with Crippen LogP contribution in [0.15, 0.2) is 78.9 Å². The van der Waals surface area contributed by atoms with Gasteiger partial charge in [0, 0.05) is 12.0 Å². The SMILES string of the molecule is [B][C@H]1C[C@@H](O[P+](=O)[O-])[C@@H](COP(=C)(O)O[C@@H]2C[C@H]([B])O[C@@H]2COC(c2ccccc2)(c2ccc(OC)cc2)c2ccc(OC)cc2)O1. The molecule has 8 atom stereocenters. The highest BCUT2D eigenvalue weighted by molar-refractivity contribution is 7.58. The first-order valence-electron chi connectivity index (χ1n) is 14.9. The van der Waals surface area contributed by atoms with Crippen molar-refractivity contribution in [2.45, 2.75) is 54.9 Å². The first-order valence-corrected chi connectivity index (χ1v) is 17.8. The van der Waals surface area contributed by atoms with Gasteiger partial charge in [-0.15, -0.1) is 4.52 Å². The molecule has 0 aromatic heterocycles. The molecule has 47 heavy (non-hydrogen) atoms. The summed E-state index contributed by atoms with van der Waals surface area (Å²) in [7, 11) is 8.34. The van der Waals surface area contributed by atoms with E-state index in [-0.39, 0.29) is 26.1 Å². The molecule has 0 aliphatic carbocycles. The Labute approximate surface area is 278 Å². The topological polar surface area (TPSA) is 134 Å². The van der Waals surface area contributed by atoms with Gasteiger partial charge in [0.2, 0.25) is 7.57 Å². The second-order valence-electron chi connectivity index (χ2n) is 11.2. The van der Waals surface area contributed by atoms with Gasteiger partial charge in [-0.3, -0.25) is 0 Å². The normalized spacial score (nSPS) is 26.1. The Morgan fingerprint density at radius 3 is 1.85 bits per heavy atom. The minimum Gasteiger partial charge on any atom is -0.566 e. The molecule has 246 valence electrons. The van der Waals surface area contributed by atoms with Crippen LogP contribution in [0.4, 0.5) is 0 Å². The van der Waals surface area contributed by atoms with E-state index in [0.717, 1.165) is 16.7 Å². The Kier molecular flexibility index (Phi) is 12.0. The monoisotopic (exact) mass is 680 g/mol. The molecule has 0 bridgehead atoms. The highest BCUT2D eigenvalue weighted by Gasteiger charge is 2.43. The fourth-order valence-corrected chi connectivity index (χ4v) is 7.36. The molecule has 2 aliphatic heterocycles. The summed E-state index contributed by atoms with van der Waals surface area (Å²) in [5.74, 6) is 1.37. The van der Waals surface area contributed by atoms with Crippen molar-refractivity contribution in [3.63, 3.8) is 0 Å². The van der Waals surface area contributed by atoms with Crippen molar-refractivity contribution in [1.29, 1.82) is 0 Å². The van der Waals surface area contributed by atoms with Crippen LogP contribution in [0.3, 0.4) is 0 Å². The molecule has 5 rings (SSSR count). The zero-order valence-electron chi connectivity index (χ0n) is 26.1. The van der Waals surface area contributed by atoms with E-state index in [4.69, 9.17) is 52.9 Å². The number of ether oxygens (including phenoxy) is 5. The summed E-state index contributed by atoms with van der Waals surface area (Å²) >= 11 is 0. The molecule has 0 amide bonds. The molecule has 2 fully saturated rings. The van der Waals surface area contributed by atoms with E-state index in [9.17, 15) is 14.4 Å². The Morgan fingerprint density at radius 2 is 1.34 bits per heavy atom. The van der Waals surface area contributed by atoms with E-state index in [1.807, 2.05) is 78.9 Å². The van der Waals surface area contributed by atoms with Gasteiger partial charge in [-0.25, -0.2) is 0 Å². The van der Waals surface area contributed by atoms with Crippen LogP contribution < -0.4 is 14.4 Å². The van der Waals surface area contributed by atoms with E-state index in [0.29, 0.717) is 11.5 Å². The lowest BCUT2D eigenvalue weighted by molar-refractivity contribution is -0.191. The molecule has 0 saturated carbocycles. The van der Waals surface area contributed by atoms with E-state index >= 15 is 0 Å². The summed E-state index contributed by atoms with van der Waals surface area (Å²) in [5.41, 5.74) is 1.38. The Balaban J connectivity index is 1.39.